The van der Waals surface area contributed by atoms with Crippen molar-refractivity contribution in [2.24, 2.45) is 0 Å². The number of nitrogens with zero attached hydrogens (tertiary/aromatic N) is 4. The van der Waals surface area contributed by atoms with Crippen LogP contribution in [0.2, 0.25) is 0 Å². The number of aromatic nitrogens is 3. The Hall–Kier alpha value is -1.82. The maximum atomic E-state index is 13.5. The van der Waals surface area contributed by atoms with Gasteiger partial charge in [-0.25, -0.2) is 13.2 Å². The molecule has 3 aromatic rings. The van der Waals surface area contributed by atoms with E-state index in [-0.39, 0.29) is 22.6 Å². The molecule has 2 atom stereocenters. The first kappa shape index (κ1) is 22.0. The molecule has 2 unspecified atom stereocenters. The molecule has 0 amide bonds. The molecule has 0 spiro atoms. The number of fused-ring (bicyclic) bond motifs is 1. The Balaban J connectivity index is 1.57. The minimum atomic E-state index is -2.64. The van der Waals surface area contributed by atoms with Gasteiger partial charge < -0.3 is 14.6 Å². The molecule has 0 bridgehead atoms. The summed E-state index contributed by atoms with van der Waals surface area (Å²) in [7, 11) is 0. The van der Waals surface area contributed by atoms with E-state index in [4.69, 9.17) is 0 Å². The number of piperazine rings is 1. The third kappa shape index (κ3) is 4.35. The van der Waals surface area contributed by atoms with Crippen molar-refractivity contribution >= 4 is 34.5 Å². The molecule has 2 aliphatic rings. The van der Waals surface area contributed by atoms with Crippen molar-refractivity contribution in [3.63, 3.8) is 0 Å². The SMILES string of the molecule is CC1CN(c2cc(SNC3(C)CC3)cn3c(-c4nnc(C(F)F)s4)ccc23)CC(CF)N1. The smallest absolute Gasteiger partial charge is 0.291 e. The average molecular weight is 483 g/mol. The summed E-state index contributed by atoms with van der Waals surface area (Å²) in [5.74, 6) is 0. The van der Waals surface area contributed by atoms with Crippen LogP contribution in [0.3, 0.4) is 0 Å². The van der Waals surface area contributed by atoms with Crippen molar-refractivity contribution in [3.05, 3.63) is 29.4 Å². The molecule has 4 heterocycles. The fourth-order valence-corrected chi connectivity index (χ4v) is 5.64. The molecular formula is C21H25F3N6S2. The van der Waals surface area contributed by atoms with Gasteiger partial charge in [0.2, 0.25) is 0 Å². The van der Waals surface area contributed by atoms with Crippen molar-refractivity contribution in [2.75, 3.05) is 24.7 Å². The second-order valence-electron chi connectivity index (χ2n) is 8.87. The lowest BCUT2D eigenvalue weighted by Crippen LogP contribution is -2.56. The third-order valence-corrected chi connectivity index (χ3v) is 7.97. The molecule has 2 fully saturated rings. The Morgan fingerprint density at radius 2 is 2.12 bits per heavy atom. The van der Waals surface area contributed by atoms with Gasteiger partial charge in [0.05, 0.1) is 22.9 Å². The van der Waals surface area contributed by atoms with Gasteiger partial charge in [0.15, 0.2) is 10.0 Å². The molecule has 6 nitrogen and oxygen atoms in total. The molecule has 1 saturated carbocycles. The fourth-order valence-electron chi connectivity index (χ4n) is 4.02. The van der Waals surface area contributed by atoms with Crippen LogP contribution in [0.5, 0.6) is 0 Å². The van der Waals surface area contributed by atoms with Gasteiger partial charge in [-0.3, -0.25) is 4.72 Å². The van der Waals surface area contributed by atoms with Crippen LogP contribution in [0.4, 0.5) is 18.9 Å². The normalized spacial score (nSPS) is 22.8. The number of halogens is 3. The number of pyridine rings is 1. The standard InChI is InChI=1S/C21H25F3N6S2/c1-12-9-29(10-13(8-22)25-12)17-7-14(32-28-21(2)5-6-21)11-30-15(17)3-4-16(30)19-26-27-20(31-19)18(23)24/h3-4,7,11-13,18,25,28H,5-6,8-10H2,1-2H3. The first-order valence-electron chi connectivity index (χ1n) is 10.6. The van der Waals surface area contributed by atoms with Gasteiger partial charge in [0, 0.05) is 35.8 Å². The zero-order valence-corrected chi connectivity index (χ0v) is 19.4. The van der Waals surface area contributed by atoms with E-state index in [0.717, 1.165) is 52.5 Å². The Bertz CT molecular complexity index is 1110. The van der Waals surface area contributed by atoms with Crippen LogP contribution in [0, 0.1) is 0 Å². The fraction of sp³-hybridized carbons (Fsp3) is 0.524. The maximum absolute atomic E-state index is 13.5. The molecule has 172 valence electrons. The number of hydrogen-bond acceptors (Lipinski definition) is 7. The predicted octanol–water partition coefficient (Wildman–Crippen LogP) is 4.68. The van der Waals surface area contributed by atoms with Gasteiger partial charge in [-0.2, -0.15) is 0 Å². The van der Waals surface area contributed by atoms with Crippen molar-refractivity contribution < 1.29 is 13.2 Å². The minimum Gasteiger partial charge on any atom is -0.367 e. The summed E-state index contributed by atoms with van der Waals surface area (Å²) in [5.41, 5.74) is 2.79. The quantitative estimate of drug-likeness (QED) is 0.477. The van der Waals surface area contributed by atoms with Gasteiger partial charge in [-0.15, -0.1) is 10.2 Å². The third-order valence-electron chi connectivity index (χ3n) is 5.96. The van der Waals surface area contributed by atoms with E-state index >= 15 is 0 Å². The van der Waals surface area contributed by atoms with Crippen LogP contribution in [-0.4, -0.2) is 52.0 Å². The van der Waals surface area contributed by atoms with E-state index in [9.17, 15) is 13.2 Å². The van der Waals surface area contributed by atoms with E-state index < -0.39 is 13.1 Å². The molecule has 1 saturated heterocycles. The summed E-state index contributed by atoms with van der Waals surface area (Å²) in [6.45, 7) is 5.12. The molecule has 0 radical (unpaired) electrons. The van der Waals surface area contributed by atoms with Gasteiger partial charge in [0.1, 0.15) is 6.67 Å². The highest BCUT2D eigenvalue weighted by atomic mass is 32.2. The molecule has 1 aliphatic carbocycles. The van der Waals surface area contributed by atoms with Crippen LogP contribution < -0.4 is 14.9 Å². The minimum absolute atomic E-state index is 0.146. The number of anilines is 1. The first-order chi connectivity index (χ1) is 15.3. The van der Waals surface area contributed by atoms with Crippen molar-refractivity contribution in [3.8, 4) is 10.7 Å². The van der Waals surface area contributed by atoms with E-state index in [1.807, 2.05) is 22.7 Å². The molecule has 11 heteroatoms. The van der Waals surface area contributed by atoms with Gasteiger partial charge in [0.25, 0.3) is 6.43 Å². The first-order valence-corrected chi connectivity index (χ1v) is 12.3. The summed E-state index contributed by atoms with van der Waals surface area (Å²) in [5, 5.41) is 11.1. The monoisotopic (exact) mass is 482 g/mol. The second kappa shape index (κ2) is 8.51. The van der Waals surface area contributed by atoms with E-state index in [1.165, 1.54) is 0 Å². The summed E-state index contributed by atoms with van der Waals surface area (Å²) in [6.07, 6.45) is 1.63. The zero-order chi connectivity index (χ0) is 22.5. The largest absolute Gasteiger partial charge is 0.367 e. The summed E-state index contributed by atoms with van der Waals surface area (Å²) >= 11 is 2.47. The van der Waals surface area contributed by atoms with Gasteiger partial charge >= 0.3 is 0 Å². The van der Waals surface area contributed by atoms with Crippen molar-refractivity contribution in [2.45, 2.75) is 55.6 Å². The lowest BCUT2D eigenvalue weighted by atomic mass is 10.1. The summed E-state index contributed by atoms with van der Waals surface area (Å²) in [4.78, 5) is 3.21. The Morgan fingerprint density at radius 1 is 1.31 bits per heavy atom. The molecule has 0 aromatic carbocycles. The molecule has 5 rings (SSSR count). The Kier molecular flexibility index (Phi) is 5.85. The van der Waals surface area contributed by atoms with Gasteiger partial charge in [-0.05, 0) is 56.8 Å². The molecular weight excluding hydrogens is 457 g/mol. The van der Waals surface area contributed by atoms with Gasteiger partial charge in [-0.1, -0.05) is 11.3 Å². The summed E-state index contributed by atoms with van der Waals surface area (Å²) in [6, 6.07) is 5.90. The summed E-state index contributed by atoms with van der Waals surface area (Å²) < 4.78 is 45.2. The van der Waals surface area contributed by atoms with Crippen LogP contribution in [-0.2, 0) is 0 Å². The topological polar surface area (TPSA) is 57.5 Å². The highest BCUT2D eigenvalue weighted by molar-refractivity contribution is 7.97. The van der Waals surface area contributed by atoms with Crippen LogP contribution in [0.15, 0.2) is 29.3 Å². The Morgan fingerprint density at radius 3 is 2.81 bits per heavy atom. The highest BCUT2D eigenvalue weighted by Gasteiger charge is 2.37. The maximum Gasteiger partial charge on any atom is 0.291 e. The number of hydrogen-bond donors (Lipinski definition) is 2. The van der Waals surface area contributed by atoms with E-state index in [2.05, 4.69) is 45.0 Å². The predicted molar refractivity (Wildman–Crippen MR) is 122 cm³/mol. The lowest BCUT2D eigenvalue weighted by molar-refractivity contribution is 0.150. The second-order valence-corrected chi connectivity index (χ2v) is 10.8. The van der Waals surface area contributed by atoms with E-state index in [1.54, 1.807) is 11.9 Å². The number of nitrogens with one attached hydrogen (secondary N) is 2. The van der Waals surface area contributed by atoms with Crippen molar-refractivity contribution in [1.29, 1.82) is 0 Å². The number of rotatable bonds is 7. The Labute approximate surface area is 192 Å². The zero-order valence-electron chi connectivity index (χ0n) is 17.8. The molecule has 32 heavy (non-hydrogen) atoms. The van der Waals surface area contributed by atoms with Crippen LogP contribution >= 0.6 is 23.3 Å². The van der Waals surface area contributed by atoms with Crippen LogP contribution in [0.25, 0.3) is 16.2 Å². The molecule has 2 N–H and O–H groups in total. The lowest BCUT2D eigenvalue weighted by Gasteiger charge is -2.38. The average Bonchev–Trinajstić information content (AvgIpc) is 3.16. The molecule has 1 aliphatic heterocycles. The van der Waals surface area contributed by atoms with Crippen LogP contribution in [0.1, 0.15) is 38.1 Å². The number of alkyl halides is 3. The van der Waals surface area contributed by atoms with E-state index in [0.29, 0.717) is 11.6 Å². The van der Waals surface area contributed by atoms with Crippen molar-refractivity contribution in [1.82, 2.24) is 24.6 Å². The molecule has 3 aromatic heterocycles. The highest BCUT2D eigenvalue weighted by Crippen LogP contribution is 2.39.